The molecule has 4 nitrogen and oxygen atoms in total. The lowest BCUT2D eigenvalue weighted by atomic mass is 10.0. The van der Waals surface area contributed by atoms with Gasteiger partial charge in [-0.2, -0.15) is 5.26 Å². The first-order valence-corrected chi connectivity index (χ1v) is 7.47. The average Bonchev–Trinajstić information content (AvgIpc) is 3.07. The third-order valence-electron chi connectivity index (χ3n) is 4.38. The third-order valence-corrected chi connectivity index (χ3v) is 4.38. The minimum Gasteiger partial charge on any atom is -0.455 e. The smallest absolute Gasteiger partial charge is 0.292 e. The molecule has 0 spiro atoms. The number of hydrogen-bond donors (Lipinski definition) is 0. The van der Waals surface area contributed by atoms with Crippen molar-refractivity contribution in [3.63, 3.8) is 0 Å². The van der Waals surface area contributed by atoms with Gasteiger partial charge in [0, 0.05) is 10.8 Å². The second-order valence-electron chi connectivity index (χ2n) is 5.90. The number of fused-ring (bicyclic) bond motifs is 3. The molecule has 0 saturated carbocycles. The summed E-state index contributed by atoms with van der Waals surface area (Å²) in [6.07, 6.45) is 4.06. The Bertz CT molecular complexity index is 1090. The first-order valence-electron chi connectivity index (χ1n) is 7.47. The van der Waals surface area contributed by atoms with Crippen LogP contribution >= 0.6 is 0 Å². The molecule has 23 heavy (non-hydrogen) atoms. The summed E-state index contributed by atoms with van der Waals surface area (Å²) in [5, 5.41) is 11.2. The van der Waals surface area contributed by atoms with E-state index in [1.54, 1.807) is 6.07 Å². The quantitative estimate of drug-likeness (QED) is 0.504. The van der Waals surface area contributed by atoms with Crippen LogP contribution in [0.3, 0.4) is 0 Å². The fourth-order valence-electron chi connectivity index (χ4n) is 3.23. The van der Waals surface area contributed by atoms with Crippen LogP contribution in [0.25, 0.3) is 33.3 Å². The van der Waals surface area contributed by atoms with Crippen molar-refractivity contribution in [2.75, 3.05) is 0 Å². The van der Waals surface area contributed by atoms with E-state index < -0.39 is 0 Å². The molecule has 4 heteroatoms. The summed E-state index contributed by atoms with van der Waals surface area (Å²) in [4.78, 5) is 0. The third kappa shape index (κ3) is 1.87. The van der Waals surface area contributed by atoms with Crippen molar-refractivity contribution in [1.29, 1.82) is 5.26 Å². The van der Waals surface area contributed by atoms with Crippen molar-refractivity contribution in [2.24, 2.45) is 14.1 Å². The van der Waals surface area contributed by atoms with Gasteiger partial charge in [0.25, 0.3) is 5.82 Å². The molecule has 0 N–H and O–H groups in total. The van der Waals surface area contributed by atoms with Crippen LogP contribution in [0.15, 0.2) is 47.1 Å². The molecule has 0 atom stereocenters. The Morgan fingerprint density at radius 3 is 2.65 bits per heavy atom. The molecule has 112 valence electrons. The molecule has 4 aromatic rings. The number of furan rings is 1. The van der Waals surface area contributed by atoms with Crippen molar-refractivity contribution in [3.8, 4) is 17.5 Å². The van der Waals surface area contributed by atoms with Gasteiger partial charge in [-0.05, 0) is 30.7 Å². The maximum atomic E-state index is 9.10. The Balaban J connectivity index is 2.16. The van der Waals surface area contributed by atoms with E-state index in [9.17, 15) is 0 Å². The fraction of sp³-hybridized carbons (Fsp3) is 0.158. The highest BCUT2D eigenvalue weighted by molar-refractivity contribution is 6.09. The minimum absolute atomic E-state index is 0.610. The fourth-order valence-corrected chi connectivity index (χ4v) is 3.23. The van der Waals surface area contributed by atoms with Gasteiger partial charge in [0.05, 0.1) is 25.7 Å². The largest absolute Gasteiger partial charge is 0.455 e. The summed E-state index contributed by atoms with van der Waals surface area (Å²) in [6, 6.07) is 12.0. The van der Waals surface area contributed by atoms with Crippen LogP contribution < -0.4 is 4.57 Å². The van der Waals surface area contributed by atoms with Crippen molar-refractivity contribution in [2.45, 2.75) is 6.92 Å². The van der Waals surface area contributed by atoms with E-state index in [1.165, 1.54) is 0 Å². The van der Waals surface area contributed by atoms with E-state index in [0.717, 1.165) is 38.9 Å². The zero-order valence-corrected chi connectivity index (χ0v) is 13.3. The highest BCUT2D eigenvalue weighted by Gasteiger charge is 2.23. The standard InChI is InChI=1S/C19H16N3O/c1-12-4-6-15-14-7-5-13(11-20)10-16(14)23-18(15)17(12)19-21(2)8-9-22(19)3/h4-10H,1-3H3/q+1. The lowest BCUT2D eigenvalue weighted by Gasteiger charge is -2.04. The summed E-state index contributed by atoms with van der Waals surface area (Å²) in [6.45, 7) is 2.09. The molecule has 0 aliphatic rings. The Labute approximate surface area is 133 Å². The van der Waals surface area contributed by atoms with Crippen molar-refractivity contribution < 1.29 is 8.98 Å². The molecule has 4 rings (SSSR count). The summed E-state index contributed by atoms with van der Waals surface area (Å²) < 4.78 is 10.3. The maximum absolute atomic E-state index is 9.10. The zero-order valence-electron chi connectivity index (χ0n) is 13.3. The maximum Gasteiger partial charge on any atom is 0.292 e. The SMILES string of the molecule is Cc1ccc2c(oc3cc(C#N)ccc32)c1-c1n(C)cc[n+]1C. The highest BCUT2D eigenvalue weighted by Crippen LogP contribution is 2.36. The van der Waals surface area contributed by atoms with Gasteiger partial charge < -0.3 is 4.42 Å². The average molecular weight is 302 g/mol. The molecule has 0 radical (unpaired) electrons. The van der Waals surface area contributed by atoms with Gasteiger partial charge in [-0.15, -0.1) is 0 Å². The summed E-state index contributed by atoms with van der Waals surface area (Å²) in [5.74, 6) is 1.09. The lowest BCUT2D eigenvalue weighted by molar-refractivity contribution is -0.659. The van der Waals surface area contributed by atoms with Gasteiger partial charge in [0.2, 0.25) is 0 Å². The van der Waals surface area contributed by atoms with Gasteiger partial charge in [-0.3, -0.25) is 0 Å². The molecule has 0 aliphatic carbocycles. The van der Waals surface area contributed by atoms with E-state index in [2.05, 4.69) is 34.3 Å². The van der Waals surface area contributed by atoms with E-state index in [-0.39, 0.29) is 0 Å². The van der Waals surface area contributed by atoms with Crippen LogP contribution in [0.2, 0.25) is 0 Å². The number of nitriles is 1. The molecule has 2 aromatic carbocycles. The van der Waals surface area contributed by atoms with Crippen molar-refractivity contribution in [3.05, 3.63) is 53.9 Å². The monoisotopic (exact) mass is 302 g/mol. The molecule has 0 amide bonds. The lowest BCUT2D eigenvalue weighted by Crippen LogP contribution is -2.29. The van der Waals surface area contributed by atoms with Gasteiger partial charge in [0.1, 0.15) is 23.5 Å². The van der Waals surface area contributed by atoms with E-state index >= 15 is 0 Å². The second-order valence-corrected chi connectivity index (χ2v) is 5.90. The minimum atomic E-state index is 0.610. The number of benzene rings is 2. The van der Waals surface area contributed by atoms with Gasteiger partial charge >= 0.3 is 0 Å². The van der Waals surface area contributed by atoms with Crippen molar-refractivity contribution in [1.82, 2.24) is 4.57 Å². The molecule has 2 heterocycles. The molecule has 2 aromatic heterocycles. The first kappa shape index (κ1) is 13.6. The highest BCUT2D eigenvalue weighted by atomic mass is 16.3. The molecule has 0 fully saturated rings. The molecule has 0 aliphatic heterocycles. The number of rotatable bonds is 1. The number of aryl methyl sites for hydroxylation is 3. The van der Waals surface area contributed by atoms with Gasteiger partial charge in [-0.25, -0.2) is 9.13 Å². The van der Waals surface area contributed by atoms with Gasteiger partial charge in [0.15, 0.2) is 5.58 Å². The Hall–Kier alpha value is -3.06. The Morgan fingerprint density at radius 1 is 1.17 bits per heavy atom. The van der Waals surface area contributed by atoms with Crippen LogP contribution in [0.1, 0.15) is 11.1 Å². The van der Waals surface area contributed by atoms with Crippen LogP contribution in [0, 0.1) is 18.3 Å². The Kier molecular flexibility index (Phi) is 2.79. The zero-order chi connectivity index (χ0) is 16.1. The van der Waals surface area contributed by atoms with E-state index in [0.29, 0.717) is 5.56 Å². The first-order chi connectivity index (χ1) is 11.1. The molecular weight excluding hydrogens is 286 g/mol. The summed E-state index contributed by atoms with van der Waals surface area (Å²) >= 11 is 0. The number of hydrogen-bond acceptors (Lipinski definition) is 2. The predicted octanol–water partition coefficient (Wildman–Crippen LogP) is 3.60. The Morgan fingerprint density at radius 2 is 1.96 bits per heavy atom. The summed E-state index contributed by atoms with van der Waals surface area (Å²) in [5.41, 5.74) is 4.48. The van der Waals surface area contributed by atoms with Crippen LogP contribution in [0.5, 0.6) is 0 Å². The van der Waals surface area contributed by atoms with Gasteiger partial charge in [-0.1, -0.05) is 12.1 Å². The van der Waals surface area contributed by atoms with Crippen molar-refractivity contribution >= 4 is 21.9 Å². The predicted molar refractivity (Wildman–Crippen MR) is 88.8 cm³/mol. The second kappa shape index (κ2) is 4.72. The number of nitrogens with zero attached hydrogens (tertiary/aromatic N) is 3. The van der Waals surface area contributed by atoms with E-state index in [1.807, 2.05) is 38.6 Å². The molecule has 0 bridgehead atoms. The van der Waals surface area contributed by atoms with Crippen LogP contribution in [-0.2, 0) is 14.1 Å². The number of imidazole rings is 1. The van der Waals surface area contributed by atoms with Crippen LogP contribution in [0.4, 0.5) is 0 Å². The molecule has 0 saturated heterocycles. The van der Waals surface area contributed by atoms with E-state index in [4.69, 9.17) is 9.68 Å². The molecular formula is C19H16N3O+. The number of aromatic nitrogens is 2. The van der Waals surface area contributed by atoms with Crippen LogP contribution in [-0.4, -0.2) is 4.57 Å². The normalized spacial score (nSPS) is 11.2. The summed E-state index contributed by atoms with van der Waals surface area (Å²) in [7, 11) is 4.06. The molecule has 0 unspecified atom stereocenters. The topological polar surface area (TPSA) is 45.7 Å².